The van der Waals surface area contributed by atoms with Gasteiger partial charge in [0.25, 0.3) is 15.9 Å². The highest BCUT2D eigenvalue weighted by atomic mass is 35.5. The van der Waals surface area contributed by atoms with E-state index in [9.17, 15) is 17.6 Å². The highest BCUT2D eigenvalue weighted by Gasteiger charge is 2.27. The normalized spacial score (nSPS) is 11.1. The summed E-state index contributed by atoms with van der Waals surface area (Å²) in [5, 5.41) is 2.58. The van der Waals surface area contributed by atoms with Crippen LogP contribution in [-0.4, -0.2) is 25.9 Å². The number of nitrogens with zero attached hydrogens (tertiary/aromatic N) is 2. The van der Waals surface area contributed by atoms with Crippen LogP contribution >= 0.6 is 11.6 Å². The second-order valence-corrected chi connectivity index (χ2v) is 8.86. The molecule has 0 atom stereocenters. The van der Waals surface area contributed by atoms with Crippen LogP contribution in [0, 0.1) is 12.7 Å². The van der Waals surface area contributed by atoms with Gasteiger partial charge in [-0.2, -0.15) is 0 Å². The van der Waals surface area contributed by atoms with E-state index in [1.54, 1.807) is 18.3 Å². The minimum Gasteiger partial charge on any atom is -0.307 e. The molecule has 0 unspecified atom stereocenters. The lowest BCUT2D eigenvalue weighted by Gasteiger charge is -2.24. The Kier molecular flexibility index (Phi) is 6.72. The van der Waals surface area contributed by atoms with Gasteiger partial charge in [0.1, 0.15) is 16.5 Å². The van der Waals surface area contributed by atoms with Crippen molar-refractivity contribution in [1.29, 1.82) is 0 Å². The van der Waals surface area contributed by atoms with Crippen LogP contribution in [0.15, 0.2) is 78.3 Å². The fourth-order valence-corrected chi connectivity index (χ4v) is 4.76. The SMILES string of the molecule is C=CCN(c1ccc(F)cc1)S(=O)(=O)c1cc(C(=O)Nc2cc(C)ccn2)ccc1Cl. The number of sulfonamides is 1. The van der Waals surface area contributed by atoms with Gasteiger partial charge < -0.3 is 5.32 Å². The predicted octanol–water partition coefficient (Wildman–Crippen LogP) is 4.82. The molecule has 0 aliphatic heterocycles. The number of nitrogens with one attached hydrogen (secondary N) is 1. The zero-order valence-corrected chi connectivity index (χ0v) is 18.1. The van der Waals surface area contributed by atoms with E-state index in [1.807, 2.05) is 6.92 Å². The van der Waals surface area contributed by atoms with E-state index in [0.29, 0.717) is 5.82 Å². The van der Waals surface area contributed by atoms with Crippen molar-refractivity contribution in [2.24, 2.45) is 0 Å². The molecule has 9 heteroatoms. The Bertz CT molecular complexity index is 1230. The Balaban J connectivity index is 1.99. The number of amides is 1. The summed E-state index contributed by atoms with van der Waals surface area (Å²) < 4.78 is 41.1. The van der Waals surface area contributed by atoms with Gasteiger partial charge in [-0.3, -0.25) is 9.10 Å². The molecule has 2 aromatic carbocycles. The Hall–Kier alpha value is -3.23. The van der Waals surface area contributed by atoms with E-state index in [1.165, 1.54) is 36.4 Å². The van der Waals surface area contributed by atoms with Gasteiger partial charge in [0.15, 0.2) is 0 Å². The molecule has 0 aliphatic rings. The molecule has 1 amide bonds. The third-order valence-corrected chi connectivity index (χ3v) is 6.60. The van der Waals surface area contributed by atoms with E-state index >= 15 is 0 Å². The molecule has 0 fully saturated rings. The van der Waals surface area contributed by atoms with Crippen molar-refractivity contribution in [2.45, 2.75) is 11.8 Å². The number of aromatic nitrogens is 1. The Morgan fingerprint density at radius 1 is 1.19 bits per heavy atom. The first-order valence-corrected chi connectivity index (χ1v) is 11.0. The van der Waals surface area contributed by atoms with Gasteiger partial charge in [0, 0.05) is 11.8 Å². The third kappa shape index (κ3) is 5.10. The Morgan fingerprint density at radius 2 is 1.90 bits per heavy atom. The Morgan fingerprint density at radius 3 is 2.55 bits per heavy atom. The molecular weight excluding hydrogens is 441 g/mol. The first kappa shape index (κ1) is 22.5. The van der Waals surface area contributed by atoms with Crippen molar-refractivity contribution in [3.63, 3.8) is 0 Å². The van der Waals surface area contributed by atoms with Crippen LogP contribution in [0.3, 0.4) is 0 Å². The zero-order chi connectivity index (χ0) is 22.6. The summed E-state index contributed by atoms with van der Waals surface area (Å²) in [6, 6.07) is 12.4. The van der Waals surface area contributed by atoms with Crippen molar-refractivity contribution in [2.75, 3.05) is 16.2 Å². The van der Waals surface area contributed by atoms with E-state index in [4.69, 9.17) is 11.6 Å². The van der Waals surface area contributed by atoms with Crippen LogP contribution < -0.4 is 9.62 Å². The number of hydrogen-bond acceptors (Lipinski definition) is 4. The van der Waals surface area contributed by atoms with Gasteiger partial charge in [-0.1, -0.05) is 17.7 Å². The van der Waals surface area contributed by atoms with Crippen LogP contribution in [0.25, 0.3) is 0 Å². The molecule has 6 nitrogen and oxygen atoms in total. The second kappa shape index (κ2) is 9.28. The third-order valence-electron chi connectivity index (χ3n) is 4.33. The summed E-state index contributed by atoms with van der Waals surface area (Å²) in [5.41, 5.74) is 1.23. The van der Waals surface area contributed by atoms with E-state index in [0.717, 1.165) is 22.0 Å². The van der Waals surface area contributed by atoms with Crippen LogP contribution in [0.2, 0.25) is 5.02 Å². The maximum atomic E-state index is 13.4. The van der Waals surface area contributed by atoms with Gasteiger partial charge in [0.2, 0.25) is 0 Å². The molecule has 3 aromatic rings. The molecule has 31 heavy (non-hydrogen) atoms. The molecule has 1 N–H and O–H groups in total. The van der Waals surface area contributed by atoms with Crippen molar-refractivity contribution < 1.29 is 17.6 Å². The molecule has 160 valence electrons. The van der Waals surface area contributed by atoms with Gasteiger partial charge in [-0.05, 0) is 67.1 Å². The largest absolute Gasteiger partial charge is 0.307 e. The minimum atomic E-state index is -4.18. The predicted molar refractivity (Wildman–Crippen MR) is 120 cm³/mol. The van der Waals surface area contributed by atoms with Crippen molar-refractivity contribution in [3.8, 4) is 0 Å². The average Bonchev–Trinajstić information content (AvgIpc) is 2.73. The smallest absolute Gasteiger partial charge is 0.266 e. The lowest BCUT2D eigenvalue weighted by Crippen LogP contribution is -2.31. The monoisotopic (exact) mass is 459 g/mol. The maximum Gasteiger partial charge on any atom is 0.266 e. The number of halogens is 2. The summed E-state index contributed by atoms with van der Waals surface area (Å²) >= 11 is 6.19. The molecule has 1 aromatic heterocycles. The molecule has 0 spiro atoms. The molecule has 0 radical (unpaired) electrons. The summed E-state index contributed by atoms with van der Waals surface area (Å²) in [7, 11) is -4.18. The lowest BCUT2D eigenvalue weighted by molar-refractivity contribution is 0.102. The first-order valence-electron chi connectivity index (χ1n) is 9.15. The number of carbonyl (C=O) groups is 1. The molecule has 0 saturated carbocycles. The fraction of sp³-hybridized carbons (Fsp3) is 0.0909. The van der Waals surface area contributed by atoms with Crippen LogP contribution in [0.1, 0.15) is 15.9 Å². The van der Waals surface area contributed by atoms with Gasteiger partial charge in [-0.25, -0.2) is 17.8 Å². The standard InChI is InChI=1S/C22H19ClFN3O3S/c1-3-12-27(18-7-5-17(24)6-8-18)31(29,30)20-14-16(4-9-19(20)23)22(28)26-21-13-15(2)10-11-25-21/h3-11,13-14H,1,12H2,2H3,(H,25,26,28). The minimum absolute atomic E-state index is 0.0543. The number of pyridine rings is 1. The van der Waals surface area contributed by atoms with Gasteiger partial charge in [0.05, 0.1) is 17.3 Å². The summed E-state index contributed by atoms with van der Waals surface area (Å²) in [6.45, 7) is 5.37. The van der Waals surface area contributed by atoms with Crippen molar-refractivity contribution in [1.82, 2.24) is 4.98 Å². The second-order valence-electron chi connectivity index (χ2n) is 6.62. The molecule has 1 heterocycles. The average molecular weight is 460 g/mol. The molecular formula is C22H19ClFN3O3S. The van der Waals surface area contributed by atoms with Crippen molar-refractivity contribution >= 4 is 39.0 Å². The number of anilines is 2. The number of rotatable bonds is 7. The highest BCUT2D eigenvalue weighted by Crippen LogP contribution is 2.30. The molecule has 0 aliphatic carbocycles. The summed E-state index contributed by atoms with van der Waals surface area (Å²) in [4.78, 5) is 16.5. The van der Waals surface area contributed by atoms with Gasteiger partial charge in [-0.15, -0.1) is 6.58 Å². The number of carbonyl (C=O) groups excluding carboxylic acids is 1. The summed E-state index contributed by atoms with van der Waals surface area (Å²) in [6.07, 6.45) is 2.95. The number of hydrogen-bond donors (Lipinski definition) is 1. The number of aryl methyl sites for hydroxylation is 1. The van der Waals surface area contributed by atoms with Crippen LogP contribution in [-0.2, 0) is 10.0 Å². The number of benzene rings is 2. The van der Waals surface area contributed by atoms with Crippen molar-refractivity contribution in [3.05, 3.63) is 95.4 Å². The molecule has 0 bridgehead atoms. The van der Waals surface area contributed by atoms with E-state index < -0.39 is 21.7 Å². The van der Waals surface area contributed by atoms with E-state index in [2.05, 4.69) is 16.9 Å². The zero-order valence-electron chi connectivity index (χ0n) is 16.5. The summed E-state index contributed by atoms with van der Waals surface area (Å²) in [5.74, 6) is -0.701. The first-order chi connectivity index (χ1) is 14.7. The van der Waals surface area contributed by atoms with Gasteiger partial charge >= 0.3 is 0 Å². The maximum absolute atomic E-state index is 13.4. The van der Waals surface area contributed by atoms with Crippen LogP contribution in [0.4, 0.5) is 15.9 Å². The molecule has 0 saturated heterocycles. The quantitative estimate of drug-likeness (QED) is 0.514. The molecule has 3 rings (SSSR count). The highest BCUT2D eigenvalue weighted by molar-refractivity contribution is 7.93. The lowest BCUT2D eigenvalue weighted by atomic mass is 10.2. The fourth-order valence-electron chi connectivity index (χ4n) is 2.82. The Labute approximate surface area is 185 Å². The van der Waals surface area contributed by atoms with E-state index in [-0.39, 0.29) is 27.7 Å². The topological polar surface area (TPSA) is 79.4 Å². The van der Waals surface area contributed by atoms with Crippen LogP contribution in [0.5, 0.6) is 0 Å².